The van der Waals surface area contributed by atoms with Crippen LogP contribution in [0.3, 0.4) is 0 Å². The molecule has 0 amide bonds. The maximum atomic E-state index is 11.5. The molecule has 1 N–H and O–H groups in total. The molecule has 1 heterocycles. The molecule has 7 nitrogen and oxygen atoms in total. The molecule has 1 aliphatic heterocycles. The number of carbonyl (C=O) groups excluding carboxylic acids is 1. The molecular formula is C29H37NO6. The molecule has 1 fully saturated rings. The van der Waals surface area contributed by atoms with Gasteiger partial charge in [-0.15, -0.1) is 0 Å². The molecule has 0 aromatic heterocycles. The van der Waals surface area contributed by atoms with E-state index in [1.54, 1.807) is 13.0 Å². The summed E-state index contributed by atoms with van der Waals surface area (Å²) in [5, 5.41) is 9.46. The predicted octanol–water partition coefficient (Wildman–Crippen LogP) is 5.43. The number of nitrogens with zero attached hydrogens (tertiary/aromatic N) is 1. The Morgan fingerprint density at radius 3 is 2.50 bits per heavy atom. The third-order valence-corrected chi connectivity index (χ3v) is 6.21. The van der Waals surface area contributed by atoms with Crippen LogP contribution in [0, 0.1) is 5.92 Å². The van der Waals surface area contributed by atoms with Crippen molar-refractivity contribution >= 4 is 23.7 Å². The van der Waals surface area contributed by atoms with E-state index < -0.39 is 5.97 Å². The summed E-state index contributed by atoms with van der Waals surface area (Å²) in [6.07, 6.45) is 4.81. The van der Waals surface area contributed by atoms with Crippen LogP contribution in [0.2, 0.25) is 0 Å². The number of hydrogen-bond donors (Lipinski definition) is 1. The van der Waals surface area contributed by atoms with Crippen molar-refractivity contribution in [1.82, 2.24) is 0 Å². The lowest BCUT2D eigenvalue weighted by Gasteiger charge is -2.22. The largest absolute Gasteiger partial charge is 0.491 e. The zero-order valence-electron chi connectivity index (χ0n) is 21.5. The lowest BCUT2D eigenvalue weighted by Crippen LogP contribution is -2.22. The first-order valence-corrected chi connectivity index (χ1v) is 12.6. The first kappa shape index (κ1) is 27.3. The van der Waals surface area contributed by atoms with Crippen LogP contribution < -0.4 is 9.64 Å². The van der Waals surface area contributed by atoms with Gasteiger partial charge in [-0.2, -0.15) is 0 Å². The lowest BCUT2D eigenvalue weighted by molar-refractivity contribution is -0.142. The van der Waals surface area contributed by atoms with Gasteiger partial charge >= 0.3 is 11.9 Å². The number of ether oxygens (including phenoxy) is 3. The number of rotatable bonds is 13. The minimum absolute atomic E-state index is 0.260. The second-order valence-corrected chi connectivity index (χ2v) is 9.15. The monoisotopic (exact) mass is 495 g/mol. The van der Waals surface area contributed by atoms with E-state index in [1.807, 2.05) is 36.4 Å². The summed E-state index contributed by atoms with van der Waals surface area (Å²) in [5.41, 5.74) is 4.12. The molecule has 1 aliphatic rings. The molecule has 2 aromatic rings. The van der Waals surface area contributed by atoms with Crippen LogP contribution in [0.25, 0.3) is 17.2 Å². The Morgan fingerprint density at radius 2 is 1.81 bits per heavy atom. The molecule has 0 aliphatic carbocycles. The summed E-state index contributed by atoms with van der Waals surface area (Å²) < 4.78 is 16.5. The standard InChI is InChI=1S/C29H37NO6/c1-4-5-14-34-15-16-35-27-9-6-24(7-10-27)25-8-11-28(26(18-25)17-21(2)29(32)33)30-13-12-23(19-30)20-36-22(3)31/h6-11,17-18,23H,4-5,12-16,19-20H2,1-3H3,(H,32,33)/b21-17+. The number of carboxylic acid groups (broad SMARTS) is 1. The predicted molar refractivity (Wildman–Crippen MR) is 141 cm³/mol. The molecule has 36 heavy (non-hydrogen) atoms. The molecule has 0 bridgehead atoms. The van der Waals surface area contributed by atoms with E-state index in [0.717, 1.165) is 67.1 Å². The Bertz CT molecular complexity index is 1050. The molecular weight excluding hydrogens is 458 g/mol. The zero-order chi connectivity index (χ0) is 25.9. The van der Waals surface area contributed by atoms with E-state index in [2.05, 4.69) is 17.9 Å². The van der Waals surface area contributed by atoms with Gasteiger partial charge in [0.15, 0.2) is 0 Å². The van der Waals surface area contributed by atoms with Crippen molar-refractivity contribution < 1.29 is 28.9 Å². The topological polar surface area (TPSA) is 85.3 Å². The summed E-state index contributed by atoms with van der Waals surface area (Å²) in [7, 11) is 0. The highest BCUT2D eigenvalue weighted by Crippen LogP contribution is 2.33. The number of carboxylic acids is 1. The van der Waals surface area contributed by atoms with Crippen LogP contribution >= 0.6 is 0 Å². The van der Waals surface area contributed by atoms with E-state index in [0.29, 0.717) is 19.8 Å². The molecule has 1 atom stereocenters. The van der Waals surface area contributed by atoms with Crippen LogP contribution in [0.1, 0.15) is 45.6 Å². The smallest absolute Gasteiger partial charge is 0.331 e. The van der Waals surface area contributed by atoms with Gasteiger partial charge in [-0.25, -0.2) is 4.79 Å². The average molecular weight is 496 g/mol. The highest BCUT2D eigenvalue weighted by Gasteiger charge is 2.25. The second kappa shape index (κ2) is 13.7. The maximum Gasteiger partial charge on any atom is 0.331 e. The van der Waals surface area contributed by atoms with Gasteiger partial charge in [0, 0.05) is 43.8 Å². The van der Waals surface area contributed by atoms with Crippen molar-refractivity contribution in [2.45, 2.75) is 40.0 Å². The first-order valence-electron chi connectivity index (χ1n) is 12.6. The van der Waals surface area contributed by atoms with Crippen LogP contribution in [-0.4, -0.2) is 56.6 Å². The number of aliphatic carboxylic acids is 1. The Hall–Kier alpha value is -3.32. The average Bonchev–Trinajstić information content (AvgIpc) is 3.34. The van der Waals surface area contributed by atoms with Gasteiger partial charge in [0.05, 0.1) is 13.2 Å². The fraction of sp³-hybridized carbons (Fsp3) is 0.448. The van der Waals surface area contributed by atoms with Crippen molar-refractivity contribution in [3.8, 4) is 16.9 Å². The highest BCUT2D eigenvalue weighted by molar-refractivity contribution is 5.93. The number of hydrogen-bond acceptors (Lipinski definition) is 6. The SMILES string of the molecule is CCCCOCCOc1ccc(-c2ccc(N3CCC(COC(C)=O)C3)c(/C=C(\C)C(=O)O)c2)cc1. The number of benzene rings is 2. The third-order valence-electron chi connectivity index (χ3n) is 6.21. The van der Waals surface area contributed by atoms with Gasteiger partial charge in [-0.1, -0.05) is 31.5 Å². The van der Waals surface area contributed by atoms with Gasteiger partial charge < -0.3 is 24.2 Å². The first-order chi connectivity index (χ1) is 17.4. The molecule has 0 spiro atoms. The van der Waals surface area contributed by atoms with Gasteiger partial charge in [0.1, 0.15) is 12.4 Å². The van der Waals surface area contributed by atoms with Crippen LogP contribution in [0.15, 0.2) is 48.0 Å². The third kappa shape index (κ3) is 8.12. The van der Waals surface area contributed by atoms with Crippen LogP contribution in [-0.2, 0) is 19.1 Å². The lowest BCUT2D eigenvalue weighted by atomic mass is 10.00. The molecule has 194 valence electrons. The summed E-state index contributed by atoms with van der Waals surface area (Å²) in [4.78, 5) is 24.9. The molecule has 2 aromatic carbocycles. The van der Waals surface area contributed by atoms with Gasteiger partial charge in [-0.3, -0.25) is 4.79 Å². The molecule has 1 unspecified atom stereocenters. The van der Waals surface area contributed by atoms with E-state index in [9.17, 15) is 14.7 Å². The van der Waals surface area contributed by atoms with E-state index >= 15 is 0 Å². The minimum Gasteiger partial charge on any atom is -0.491 e. The Labute approximate surface area is 213 Å². The van der Waals surface area contributed by atoms with Crippen molar-refractivity contribution in [3.63, 3.8) is 0 Å². The van der Waals surface area contributed by atoms with E-state index in [1.165, 1.54) is 6.92 Å². The fourth-order valence-electron chi connectivity index (χ4n) is 4.17. The van der Waals surface area contributed by atoms with Crippen LogP contribution in [0.5, 0.6) is 5.75 Å². The van der Waals surface area contributed by atoms with Gasteiger partial charge in [0.25, 0.3) is 0 Å². The Balaban J connectivity index is 1.73. The number of anilines is 1. The van der Waals surface area contributed by atoms with Crippen molar-refractivity contribution in [3.05, 3.63) is 53.6 Å². The van der Waals surface area contributed by atoms with Crippen molar-refractivity contribution in [1.29, 1.82) is 0 Å². The van der Waals surface area contributed by atoms with E-state index in [4.69, 9.17) is 14.2 Å². The molecule has 0 saturated carbocycles. The Morgan fingerprint density at radius 1 is 1.06 bits per heavy atom. The summed E-state index contributed by atoms with van der Waals surface area (Å²) in [5.74, 6) is -0.168. The maximum absolute atomic E-state index is 11.5. The highest BCUT2D eigenvalue weighted by atomic mass is 16.5. The van der Waals surface area contributed by atoms with Gasteiger partial charge in [0.2, 0.25) is 0 Å². The number of carbonyl (C=O) groups is 2. The minimum atomic E-state index is -0.944. The fourth-order valence-corrected chi connectivity index (χ4v) is 4.17. The quantitative estimate of drug-likeness (QED) is 0.225. The molecule has 7 heteroatoms. The van der Waals surface area contributed by atoms with Crippen molar-refractivity contribution in [2.75, 3.05) is 44.4 Å². The molecule has 0 radical (unpaired) electrons. The Kier molecular flexibility index (Phi) is 10.4. The summed E-state index contributed by atoms with van der Waals surface area (Å²) in [6.45, 7) is 8.99. The van der Waals surface area contributed by atoms with E-state index in [-0.39, 0.29) is 17.5 Å². The normalized spacial score (nSPS) is 15.7. The molecule has 1 saturated heterocycles. The van der Waals surface area contributed by atoms with Crippen LogP contribution in [0.4, 0.5) is 5.69 Å². The second-order valence-electron chi connectivity index (χ2n) is 9.15. The summed E-state index contributed by atoms with van der Waals surface area (Å²) >= 11 is 0. The van der Waals surface area contributed by atoms with Gasteiger partial charge in [-0.05, 0) is 66.8 Å². The number of unbranched alkanes of at least 4 members (excludes halogenated alkanes) is 1. The zero-order valence-corrected chi connectivity index (χ0v) is 21.5. The molecule has 3 rings (SSSR count). The summed E-state index contributed by atoms with van der Waals surface area (Å²) in [6, 6.07) is 14.0. The van der Waals surface area contributed by atoms with Crippen molar-refractivity contribution in [2.24, 2.45) is 5.92 Å². The number of esters is 1.